The summed E-state index contributed by atoms with van der Waals surface area (Å²) in [6, 6.07) is -1.40. The van der Waals surface area contributed by atoms with Crippen molar-refractivity contribution in [2.45, 2.75) is 21.8 Å². The van der Waals surface area contributed by atoms with Crippen molar-refractivity contribution in [3.8, 4) is 0 Å². The molecule has 0 fully saturated rings. The van der Waals surface area contributed by atoms with Gasteiger partial charge in [-0.3, -0.25) is 0 Å². The van der Waals surface area contributed by atoms with Gasteiger partial charge in [0, 0.05) is 0 Å². The molecule has 0 heterocycles. The van der Waals surface area contributed by atoms with Crippen LogP contribution in [-0.4, -0.2) is 27.1 Å². The molecule has 0 amide bonds. The van der Waals surface area contributed by atoms with Crippen molar-refractivity contribution in [3.05, 3.63) is 0 Å². The fourth-order valence-corrected chi connectivity index (χ4v) is 4.77. The fourth-order valence-electron chi connectivity index (χ4n) is 0.466. The molecule has 0 N–H and O–H groups in total. The monoisotopic (exact) mass is 310 g/mol. The molecule has 0 aliphatic heterocycles. The van der Waals surface area contributed by atoms with Gasteiger partial charge < -0.3 is 0 Å². The van der Waals surface area contributed by atoms with Crippen molar-refractivity contribution in [2.24, 2.45) is 0 Å². The maximum atomic E-state index is 5.66. The van der Waals surface area contributed by atoms with Gasteiger partial charge in [0.15, 0.2) is 0 Å². The quantitative estimate of drug-likeness (QED) is 0.425. The van der Waals surface area contributed by atoms with Gasteiger partial charge in [0.2, 0.25) is 0 Å². The minimum atomic E-state index is -2.25. The molecule has 0 unspecified atom stereocenters. The van der Waals surface area contributed by atoms with Gasteiger partial charge >= 0.3 is 82.2 Å². The predicted octanol–water partition coefficient (Wildman–Crippen LogP) is 3.20. The fraction of sp³-hybridized carbons (Fsp3) is 1.00. The first-order chi connectivity index (χ1) is 4.06. The molecule has 0 atom stereocenters. The van der Waals surface area contributed by atoms with Gasteiger partial charge in [0.1, 0.15) is 0 Å². The van der Waals surface area contributed by atoms with Crippen LogP contribution in [0.2, 0.25) is 15.4 Å². The van der Waals surface area contributed by atoms with Gasteiger partial charge in [0.05, 0.1) is 0 Å². The van der Waals surface area contributed by atoms with E-state index in [-0.39, 0.29) is 21.1 Å². The molecule has 0 bridgehead atoms. The van der Waals surface area contributed by atoms with Gasteiger partial charge in [-0.25, -0.2) is 0 Å². The average Bonchev–Trinajstić information content (AvgIpc) is 1.63. The van der Waals surface area contributed by atoms with E-state index in [0.29, 0.717) is 0 Å². The first kappa shape index (κ1) is 10.9. The van der Waals surface area contributed by atoms with Crippen LogP contribution in [-0.2, 0) is 0 Å². The SMILES string of the molecule is [CH3][Sn+2][CH2]CC[Si](Cl)(Cl)Cl. The predicted molar refractivity (Wildman–Crippen MR) is 49.2 cm³/mol. The summed E-state index contributed by atoms with van der Waals surface area (Å²) in [6.45, 7) is 0. The van der Waals surface area contributed by atoms with Crippen LogP contribution in [0.5, 0.6) is 0 Å². The molecule has 0 saturated carbocycles. The van der Waals surface area contributed by atoms with E-state index in [1.807, 2.05) is 0 Å². The van der Waals surface area contributed by atoms with E-state index >= 15 is 0 Å². The van der Waals surface area contributed by atoms with E-state index in [1.165, 1.54) is 4.44 Å². The van der Waals surface area contributed by atoms with E-state index in [2.05, 4.69) is 4.94 Å². The van der Waals surface area contributed by atoms with Crippen molar-refractivity contribution >= 4 is 60.4 Å². The summed E-state index contributed by atoms with van der Waals surface area (Å²) in [5.41, 5.74) is 0. The normalized spacial score (nSPS) is 11.1. The van der Waals surface area contributed by atoms with Gasteiger partial charge in [-0.2, -0.15) is 0 Å². The van der Waals surface area contributed by atoms with Crippen molar-refractivity contribution in [1.82, 2.24) is 0 Å². The molecule has 0 saturated heterocycles. The molecule has 9 heavy (non-hydrogen) atoms. The molecular weight excluding hydrogens is 301 g/mol. The third-order valence-electron chi connectivity index (χ3n) is 0.887. The Morgan fingerprint density at radius 1 is 1.33 bits per heavy atom. The van der Waals surface area contributed by atoms with Crippen LogP contribution in [0, 0.1) is 0 Å². The first-order valence-corrected chi connectivity index (χ1v) is 12.9. The third kappa shape index (κ3) is 9.89. The van der Waals surface area contributed by atoms with Crippen molar-refractivity contribution < 1.29 is 0 Å². The summed E-state index contributed by atoms with van der Waals surface area (Å²) in [5, 5.41) is 0. The van der Waals surface area contributed by atoms with Gasteiger partial charge in [-0.15, -0.1) is 0 Å². The van der Waals surface area contributed by atoms with Crippen LogP contribution in [0.4, 0.5) is 0 Å². The molecule has 0 rings (SSSR count). The van der Waals surface area contributed by atoms with Crippen LogP contribution < -0.4 is 0 Å². The summed E-state index contributed by atoms with van der Waals surface area (Å²) in [6.07, 6.45) is 1.14. The zero-order chi connectivity index (χ0) is 7.33. The Labute approximate surface area is 81.6 Å². The molecule has 0 nitrogen and oxygen atoms in total. The third-order valence-corrected chi connectivity index (χ3v) is 5.94. The molecule has 5 heteroatoms. The van der Waals surface area contributed by atoms with Crippen LogP contribution >= 0.6 is 33.2 Å². The van der Waals surface area contributed by atoms with E-state index < -0.39 is 6.00 Å². The van der Waals surface area contributed by atoms with Gasteiger partial charge in [-0.1, -0.05) is 0 Å². The molecule has 0 aliphatic rings. The zero-order valence-electron chi connectivity index (χ0n) is 5.26. The second kappa shape index (κ2) is 5.53. The molecule has 52 valence electrons. The summed E-state index contributed by atoms with van der Waals surface area (Å²) in [4.78, 5) is 2.31. The molecule has 0 aromatic rings. The molecule has 0 radical (unpaired) electrons. The Hall–Kier alpha value is 1.89. The van der Waals surface area contributed by atoms with Crippen LogP contribution in [0.1, 0.15) is 6.42 Å². The van der Waals surface area contributed by atoms with E-state index in [1.54, 1.807) is 0 Å². The summed E-state index contributed by atoms with van der Waals surface area (Å²) >= 11 is 16.9. The zero-order valence-corrected chi connectivity index (χ0v) is 11.4. The van der Waals surface area contributed by atoms with Crippen molar-refractivity contribution in [3.63, 3.8) is 0 Å². The summed E-state index contributed by atoms with van der Waals surface area (Å²) in [5.74, 6) is 0. The van der Waals surface area contributed by atoms with Gasteiger partial charge in [0.25, 0.3) is 0 Å². The van der Waals surface area contributed by atoms with Crippen LogP contribution in [0.15, 0.2) is 0 Å². The van der Waals surface area contributed by atoms with E-state index in [9.17, 15) is 0 Å². The Kier molecular flexibility index (Phi) is 6.68. The second-order valence-electron chi connectivity index (χ2n) is 1.82. The average molecular weight is 310 g/mol. The Morgan fingerprint density at radius 3 is 2.22 bits per heavy atom. The number of hydrogen-bond acceptors (Lipinski definition) is 0. The standard InChI is InChI=1S/C3H6Cl3Si.CH3.Sn/c1-2-3-7(4,5)6;;/h1-3H2;1H3;/q;;+2. The van der Waals surface area contributed by atoms with Crippen molar-refractivity contribution in [2.75, 3.05) is 0 Å². The maximum absolute atomic E-state index is 5.66. The molecule has 0 aromatic carbocycles. The topological polar surface area (TPSA) is 0 Å². The summed E-state index contributed by atoms with van der Waals surface area (Å²) < 4.78 is 1.35. The minimum absolute atomic E-state index is 0.0323. The summed E-state index contributed by atoms with van der Waals surface area (Å²) in [7, 11) is 0. The van der Waals surface area contributed by atoms with E-state index in [0.717, 1.165) is 12.5 Å². The Morgan fingerprint density at radius 2 is 1.89 bits per heavy atom. The van der Waals surface area contributed by atoms with E-state index in [4.69, 9.17) is 33.2 Å². The molecular formula is C4H9Cl3SiSn+2. The Balaban J connectivity index is 3.07. The molecule has 0 aromatic heterocycles. The number of halogens is 3. The molecule has 0 spiro atoms. The number of hydrogen-bond donors (Lipinski definition) is 0. The van der Waals surface area contributed by atoms with Crippen molar-refractivity contribution in [1.29, 1.82) is 0 Å². The second-order valence-corrected chi connectivity index (χ2v) is 14.5. The van der Waals surface area contributed by atoms with Gasteiger partial charge in [-0.05, 0) is 0 Å². The first-order valence-electron chi connectivity index (χ1n) is 2.77. The molecule has 0 aliphatic carbocycles. The van der Waals surface area contributed by atoms with Crippen LogP contribution in [0.25, 0.3) is 0 Å². The number of rotatable bonds is 4. The van der Waals surface area contributed by atoms with Crippen LogP contribution in [0.3, 0.4) is 0 Å². The Bertz CT molecular complexity index is 72.7.